The summed E-state index contributed by atoms with van der Waals surface area (Å²) in [6, 6.07) is 6.08. The highest BCUT2D eigenvalue weighted by molar-refractivity contribution is 7.22. The monoisotopic (exact) mass is 355 g/mol. The summed E-state index contributed by atoms with van der Waals surface area (Å²) in [5.74, 6) is 0.0102. The first-order valence-corrected chi connectivity index (χ1v) is 9.25. The number of carbonyl (C=O) groups is 1. The van der Waals surface area contributed by atoms with Crippen LogP contribution in [0.25, 0.3) is 10.2 Å². The fourth-order valence-corrected chi connectivity index (χ4v) is 4.22. The molecule has 0 bridgehead atoms. The van der Waals surface area contributed by atoms with E-state index in [9.17, 15) is 4.79 Å². The van der Waals surface area contributed by atoms with Crippen LogP contribution in [0.5, 0.6) is 0 Å². The third-order valence-corrected chi connectivity index (χ3v) is 5.93. The Hall–Kier alpha value is -2.41. The van der Waals surface area contributed by atoms with E-state index in [1.165, 1.54) is 15.8 Å². The number of nitrogens with zero attached hydrogens (tertiary/aromatic N) is 5. The first kappa shape index (κ1) is 16.1. The highest BCUT2D eigenvalue weighted by atomic mass is 32.1. The van der Waals surface area contributed by atoms with Gasteiger partial charge >= 0.3 is 0 Å². The number of fused-ring (bicyclic) bond motifs is 1. The van der Waals surface area contributed by atoms with Crippen LogP contribution in [-0.2, 0) is 7.05 Å². The van der Waals surface area contributed by atoms with E-state index in [0.717, 1.165) is 23.7 Å². The summed E-state index contributed by atoms with van der Waals surface area (Å²) in [7, 11) is 1.82. The summed E-state index contributed by atoms with van der Waals surface area (Å²) in [6.45, 7) is 7.25. The third-order valence-electron chi connectivity index (χ3n) is 4.84. The SMILES string of the molecule is Cc1ccc2sc(N3CCN(C(=O)c4ccn(C)n4)CC3)nc2c1C. The lowest BCUT2D eigenvalue weighted by Crippen LogP contribution is -2.48. The molecule has 0 saturated carbocycles. The van der Waals surface area contributed by atoms with Crippen LogP contribution in [0.15, 0.2) is 24.4 Å². The largest absolute Gasteiger partial charge is 0.345 e. The number of piperazine rings is 1. The van der Waals surface area contributed by atoms with Gasteiger partial charge in [0, 0.05) is 39.4 Å². The summed E-state index contributed by atoms with van der Waals surface area (Å²) in [5, 5.41) is 5.26. The zero-order valence-electron chi connectivity index (χ0n) is 14.7. The molecule has 25 heavy (non-hydrogen) atoms. The Bertz CT molecular complexity index is 936. The first-order valence-electron chi connectivity index (χ1n) is 8.43. The van der Waals surface area contributed by atoms with E-state index in [2.05, 4.69) is 36.0 Å². The first-order chi connectivity index (χ1) is 12.0. The Morgan fingerprint density at radius 1 is 1.12 bits per heavy atom. The molecule has 0 unspecified atom stereocenters. The second-order valence-electron chi connectivity index (χ2n) is 6.50. The molecule has 0 aliphatic carbocycles. The molecule has 0 atom stereocenters. The minimum absolute atomic E-state index is 0.0102. The topological polar surface area (TPSA) is 54.3 Å². The second kappa shape index (κ2) is 6.15. The minimum atomic E-state index is 0.0102. The van der Waals surface area contributed by atoms with E-state index >= 15 is 0 Å². The molecule has 3 aromatic rings. The molecule has 6 nitrogen and oxygen atoms in total. The Kier molecular flexibility index (Phi) is 3.95. The number of thiazole rings is 1. The van der Waals surface area contributed by atoms with Crippen LogP contribution in [-0.4, -0.2) is 51.8 Å². The van der Waals surface area contributed by atoms with Crippen LogP contribution in [0, 0.1) is 13.8 Å². The maximum atomic E-state index is 12.5. The fraction of sp³-hybridized carbons (Fsp3) is 0.389. The standard InChI is InChI=1S/C18H21N5OS/c1-12-4-5-15-16(13(12)2)19-18(25-15)23-10-8-22(9-11-23)17(24)14-6-7-21(3)20-14/h4-7H,8-11H2,1-3H3. The fourth-order valence-electron chi connectivity index (χ4n) is 3.14. The van der Waals surface area contributed by atoms with Gasteiger partial charge in [-0.05, 0) is 37.1 Å². The molecule has 3 heterocycles. The maximum Gasteiger partial charge on any atom is 0.274 e. The predicted octanol–water partition coefficient (Wildman–Crippen LogP) is 2.61. The number of aryl methyl sites for hydroxylation is 3. The predicted molar refractivity (Wildman–Crippen MR) is 100 cm³/mol. The number of aromatic nitrogens is 3. The van der Waals surface area contributed by atoms with Gasteiger partial charge in [-0.15, -0.1) is 0 Å². The summed E-state index contributed by atoms with van der Waals surface area (Å²) in [4.78, 5) is 21.5. The molecule has 1 amide bonds. The van der Waals surface area contributed by atoms with Crippen molar-refractivity contribution in [2.24, 2.45) is 7.05 Å². The van der Waals surface area contributed by atoms with E-state index in [1.54, 1.807) is 28.3 Å². The lowest BCUT2D eigenvalue weighted by Gasteiger charge is -2.34. The van der Waals surface area contributed by atoms with Gasteiger partial charge in [0.1, 0.15) is 5.69 Å². The molecule has 0 spiro atoms. The highest BCUT2D eigenvalue weighted by Crippen LogP contribution is 2.32. The van der Waals surface area contributed by atoms with Crippen LogP contribution >= 0.6 is 11.3 Å². The number of anilines is 1. The van der Waals surface area contributed by atoms with E-state index in [-0.39, 0.29) is 5.91 Å². The molecular weight excluding hydrogens is 334 g/mol. The van der Waals surface area contributed by atoms with E-state index in [0.29, 0.717) is 18.8 Å². The maximum absolute atomic E-state index is 12.5. The molecule has 130 valence electrons. The van der Waals surface area contributed by atoms with Crippen molar-refractivity contribution < 1.29 is 4.79 Å². The Labute approximate surface area is 150 Å². The molecule has 4 rings (SSSR count). The molecule has 2 aromatic heterocycles. The van der Waals surface area contributed by atoms with Crippen molar-refractivity contribution in [2.45, 2.75) is 13.8 Å². The smallest absolute Gasteiger partial charge is 0.274 e. The molecule has 1 aromatic carbocycles. The average Bonchev–Trinajstić information content (AvgIpc) is 3.24. The lowest BCUT2D eigenvalue weighted by molar-refractivity contribution is 0.0740. The normalized spacial score (nSPS) is 15.2. The van der Waals surface area contributed by atoms with E-state index in [1.807, 2.05) is 11.9 Å². The highest BCUT2D eigenvalue weighted by Gasteiger charge is 2.25. The van der Waals surface area contributed by atoms with Crippen LogP contribution in [0.2, 0.25) is 0 Å². The van der Waals surface area contributed by atoms with Gasteiger partial charge < -0.3 is 9.80 Å². The van der Waals surface area contributed by atoms with Gasteiger partial charge in [0.2, 0.25) is 0 Å². The number of amides is 1. The molecule has 1 aliphatic rings. The molecule has 0 radical (unpaired) electrons. The molecule has 1 saturated heterocycles. The quantitative estimate of drug-likeness (QED) is 0.709. The number of benzene rings is 1. The van der Waals surface area contributed by atoms with Crippen LogP contribution in [0.1, 0.15) is 21.6 Å². The summed E-state index contributed by atoms with van der Waals surface area (Å²) < 4.78 is 2.89. The Balaban J connectivity index is 1.48. The van der Waals surface area contributed by atoms with Gasteiger partial charge in [0.05, 0.1) is 10.2 Å². The summed E-state index contributed by atoms with van der Waals surface area (Å²) >= 11 is 1.73. The second-order valence-corrected chi connectivity index (χ2v) is 7.51. The van der Waals surface area contributed by atoms with Crippen molar-refractivity contribution in [3.8, 4) is 0 Å². The molecule has 0 N–H and O–H groups in total. The van der Waals surface area contributed by atoms with Gasteiger partial charge in [-0.25, -0.2) is 4.98 Å². The number of hydrogen-bond donors (Lipinski definition) is 0. The number of rotatable bonds is 2. The number of hydrogen-bond acceptors (Lipinski definition) is 5. The van der Waals surface area contributed by atoms with Gasteiger partial charge in [-0.1, -0.05) is 17.4 Å². The van der Waals surface area contributed by atoms with Crippen LogP contribution < -0.4 is 4.90 Å². The van der Waals surface area contributed by atoms with Crippen molar-refractivity contribution in [3.05, 3.63) is 41.2 Å². The van der Waals surface area contributed by atoms with Gasteiger partial charge in [-0.3, -0.25) is 9.48 Å². The van der Waals surface area contributed by atoms with Crippen molar-refractivity contribution >= 4 is 32.6 Å². The average molecular weight is 355 g/mol. The zero-order valence-corrected chi connectivity index (χ0v) is 15.5. The summed E-state index contributed by atoms with van der Waals surface area (Å²) in [6.07, 6.45) is 1.80. The zero-order chi connectivity index (χ0) is 17.6. The molecular formula is C18H21N5OS. The molecule has 1 aliphatic heterocycles. The number of carbonyl (C=O) groups excluding carboxylic acids is 1. The third kappa shape index (κ3) is 2.89. The van der Waals surface area contributed by atoms with Crippen LogP contribution in [0.4, 0.5) is 5.13 Å². The summed E-state index contributed by atoms with van der Waals surface area (Å²) in [5.41, 5.74) is 4.15. The van der Waals surface area contributed by atoms with Gasteiger partial charge in [-0.2, -0.15) is 5.10 Å². The Morgan fingerprint density at radius 2 is 1.88 bits per heavy atom. The molecule has 1 fully saturated rings. The van der Waals surface area contributed by atoms with Gasteiger partial charge in [0.15, 0.2) is 5.13 Å². The van der Waals surface area contributed by atoms with Gasteiger partial charge in [0.25, 0.3) is 5.91 Å². The van der Waals surface area contributed by atoms with Crippen LogP contribution in [0.3, 0.4) is 0 Å². The van der Waals surface area contributed by atoms with Crippen molar-refractivity contribution in [2.75, 3.05) is 31.1 Å². The minimum Gasteiger partial charge on any atom is -0.345 e. The van der Waals surface area contributed by atoms with Crippen molar-refractivity contribution in [1.82, 2.24) is 19.7 Å². The van der Waals surface area contributed by atoms with Crippen molar-refractivity contribution in [1.29, 1.82) is 0 Å². The van der Waals surface area contributed by atoms with E-state index < -0.39 is 0 Å². The molecule has 7 heteroatoms. The van der Waals surface area contributed by atoms with Crippen molar-refractivity contribution in [3.63, 3.8) is 0 Å². The lowest BCUT2D eigenvalue weighted by atomic mass is 10.1. The van der Waals surface area contributed by atoms with E-state index in [4.69, 9.17) is 4.98 Å². The Morgan fingerprint density at radius 3 is 2.56 bits per heavy atom.